The Hall–Kier alpha value is -2.66. The SMILES string of the molecule is C[C@H](O)c1ccccc1Oc1ncn(-c2ccccc2)n1. The molecule has 5 nitrogen and oxygen atoms in total. The van der Waals surface area contributed by atoms with Crippen LogP contribution < -0.4 is 4.74 Å². The van der Waals surface area contributed by atoms with Crippen LogP contribution in [0.1, 0.15) is 18.6 Å². The number of hydrogen-bond donors (Lipinski definition) is 1. The number of aromatic nitrogens is 3. The van der Waals surface area contributed by atoms with Crippen molar-refractivity contribution in [2.45, 2.75) is 13.0 Å². The third kappa shape index (κ3) is 2.93. The average molecular weight is 281 g/mol. The molecule has 3 rings (SSSR count). The summed E-state index contributed by atoms with van der Waals surface area (Å²) < 4.78 is 7.31. The topological polar surface area (TPSA) is 60.2 Å². The number of aliphatic hydroxyl groups is 1. The summed E-state index contributed by atoms with van der Waals surface area (Å²) in [5.41, 5.74) is 1.61. The molecule has 0 fully saturated rings. The molecular formula is C16H15N3O2. The minimum atomic E-state index is -0.614. The van der Waals surface area contributed by atoms with E-state index in [0.29, 0.717) is 11.3 Å². The van der Waals surface area contributed by atoms with Gasteiger partial charge in [-0.1, -0.05) is 36.4 Å². The molecule has 0 spiro atoms. The summed E-state index contributed by atoms with van der Waals surface area (Å²) in [4.78, 5) is 4.14. The van der Waals surface area contributed by atoms with E-state index in [2.05, 4.69) is 10.1 Å². The van der Waals surface area contributed by atoms with Gasteiger partial charge in [-0.25, -0.2) is 4.68 Å². The lowest BCUT2D eigenvalue weighted by molar-refractivity contribution is 0.195. The number of nitrogens with zero attached hydrogens (tertiary/aromatic N) is 3. The molecule has 0 aliphatic heterocycles. The summed E-state index contributed by atoms with van der Waals surface area (Å²) in [6.45, 7) is 1.69. The normalized spacial score (nSPS) is 12.1. The number of benzene rings is 2. The number of aliphatic hydroxyl groups excluding tert-OH is 1. The van der Waals surface area contributed by atoms with Crippen molar-refractivity contribution in [3.8, 4) is 17.4 Å². The minimum Gasteiger partial charge on any atom is -0.423 e. The summed E-state index contributed by atoms with van der Waals surface area (Å²) in [6.07, 6.45) is 0.979. The van der Waals surface area contributed by atoms with E-state index in [0.717, 1.165) is 5.69 Å². The molecule has 1 aromatic heterocycles. The average Bonchev–Trinajstić information content (AvgIpc) is 2.97. The first-order valence-electron chi connectivity index (χ1n) is 6.66. The second-order valence-electron chi connectivity index (χ2n) is 4.62. The van der Waals surface area contributed by atoms with E-state index in [1.807, 2.05) is 48.5 Å². The van der Waals surface area contributed by atoms with E-state index < -0.39 is 6.10 Å². The fourth-order valence-corrected chi connectivity index (χ4v) is 2.02. The van der Waals surface area contributed by atoms with Crippen molar-refractivity contribution >= 4 is 0 Å². The molecule has 1 heterocycles. The summed E-state index contributed by atoms with van der Waals surface area (Å²) in [5.74, 6) is 0.554. The smallest absolute Gasteiger partial charge is 0.341 e. The standard InChI is InChI=1S/C16H15N3O2/c1-12(20)14-9-5-6-10-15(14)21-16-17-11-19(18-16)13-7-3-2-4-8-13/h2-12,20H,1H3/t12-/m0/s1. The van der Waals surface area contributed by atoms with Gasteiger partial charge in [-0.05, 0) is 25.1 Å². The zero-order chi connectivity index (χ0) is 14.7. The van der Waals surface area contributed by atoms with Crippen molar-refractivity contribution in [2.75, 3.05) is 0 Å². The second-order valence-corrected chi connectivity index (χ2v) is 4.62. The van der Waals surface area contributed by atoms with Crippen molar-refractivity contribution in [1.82, 2.24) is 14.8 Å². The molecule has 0 unspecified atom stereocenters. The Labute approximate surface area is 122 Å². The molecule has 0 radical (unpaired) electrons. The molecule has 3 aromatic rings. The van der Waals surface area contributed by atoms with Gasteiger partial charge < -0.3 is 9.84 Å². The lowest BCUT2D eigenvalue weighted by atomic mass is 10.1. The Morgan fingerprint density at radius 1 is 1.05 bits per heavy atom. The molecule has 0 saturated carbocycles. The zero-order valence-corrected chi connectivity index (χ0v) is 11.5. The Bertz CT molecular complexity index is 723. The van der Waals surface area contributed by atoms with Crippen molar-refractivity contribution in [2.24, 2.45) is 0 Å². The third-order valence-corrected chi connectivity index (χ3v) is 3.06. The van der Waals surface area contributed by atoms with Crippen LogP contribution in [0.25, 0.3) is 5.69 Å². The van der Waals surface area contributed by atoms with Gasteiger partial charge in [-0.2, -0.15) is 4.98 Å². The van der Waals surface area contributed by atoms with Gasteiger partial charge in [0.1, 0.15) is 12.1 Å². The van der Waals surface area contributed by atoms with Crippen LogP contribution in [-0.2, 0) is 0 Å². The molecule has 1 atom stereocenters. The first-order valence-corrected chi connectivity index (χ1v) is 6.66. The molecule has 21 heavy (non-hydrogen) atoms. The van der Waals surface area contributed by atoms with Gasteiger partial charge >= 0.3 is 6.01 Å². The van der Waals surface area contributed by atoms with Crippen LogP contribution in [0.3, 0.4) is 0 Å². The maximum atomic E-state index is 9.74. The van der Waals surface area contributed by atoms with E-state index >= 15 is 0 Å². The van der Waals surface area contributed by atoms with Gasteiger partial charge in [0.25, 0.3) is 0 Å². The Balaban J connectivity index is 1.86. The van der Waals surface area contributed by atoms with Crippen LogP contribution in [0.15, 0.2) is 60.9 Å². The predicted molar refractivity (Wildman–Crippen MR) is 78.5 cm³/mol. The quantitative estimate of drug-likeness (QED) is 0.798. The lowest BCUT2D eigenvalue weighted by Gasteiger charge is -2.10. The van der Waals surface area contributed by atoms with Crippen molar-refractivity contribution in [3.05, 3.63) is 66.5 Å². The lowest BCUT2D eigenvalue weighted by Crippen LogP contribution is -1.98. The van der Waals surface area contributed by atoms with Gasteiger partial charge in [0.15, 0.2) is 0 Å². The summed E-state index contributed by atoms with van der Waals surface area (Å²) in [5, 5.41) is 14.0. The highest BCUT2D eigenvalue weighted by atomic mass is 16.5. The third-order valence-electron chi connectivity index (χ3n) is 3.06. The first-order chi connectivity index (χ1) is 10.2. The molecule has 0 amide bonds. The van der Waals surface area contributed by atoms with Gasteiger partial charge in [0, 0.05) is 5.56 Å². The molecule has 2 aromatic carbocycles. The maximum Gasteiger partial charge on any atom is 0.341 e. The highest BCUT2D eigenvalue weighted by Gasteiger charge is 2.11. The van der Waals surface area contributed by atoms with Crippen LogP contribution in [0.5, 0.6) is 11.8 Å². The van der Waals surface area contributed by atoms with Crippen LogP contribution in [0.4, 0.5) is 0 Å². The van der Waals surface area contributed by atoms with Crippen LogP contribution >= 0.6 is 0 Å². The van der Waals surface area contributed by atoms with E-state index in [4.69, 9.17) is 4.74 Å². The number of para-hydroxylation sites is 2. The van der Waals surface area contributed by atoms with E-state index in [1.165, 1.54) is 0 Å². The maximum absolute atomic E-state index is 9.74. The molecule has 0 bridgehead atoms. The van der Waals surface area contributed by atoms with Crippen LogP contribution in [0.2, 0.25) is 0 Å². The minimum absolute atomic E-state index is 0.243. The number of hydrogen-bond acceptors (Lipinski definition) is 4. The number of rotatable bonds is 4. The molecule has 0 saturated heterocycles. The summed E-state index contributed by atoms with van der Waals surface area (Å²) >= 11 is 0. The van der Waals surface area contributed by atoms with Crippen LogP contribution in [-0.4, -0.2) is 19.9 Å². The molecule has 0 aliphatic carbocycles. The summed E-state index contributed by atoms with van der Waals surface area (Å²) in [7, 11) is 0. The highest BCUT2D eigenvalue weighted by Crippen LogP contribution is 2.27. The van der Waals surface area contributed by atoms with Crippen LogP contribution in [0, 0.1) is 0 Å². The monoisotopic (exact) mass is 281 g/mol. The fourth-order valence-electron chi connectivity index (χ4n) is 2.02. The molecular weight excluding hydrogens is 266 g/mol. The second kappa shape index (κ2) is 5.76. The van der Waals surface area contributed by atoms with Crippen molar-refractivity contribution < 1.29 is 9.84 Å². The van der Waals surface area contributed by atoms with Crippen molar-refractivity contribution in [3.63, 3.8) is 0 Å². The van der Waals surface area contributed by atoms with E-state index in [-0.39, 0.29) is 6.01 Å². The Morgan fingerprint density at radius 3 is 2.52 bits per heavy atom. The van der Waals surface area contributed by atoms with Gasteiger partial charge in [0.05, 0.1) is 11.8 Å². The number of ether oxygens (including phenoxy) is 1. The van der Waals surface area contributed by atoms with E-state index in [9.17, 15) is 5.11 Å². The molecule has 106 valence electrons. The predicted octanol–water partition coefficient (Wildman–Crippen LogP) is 3.11. The Morgan fingerprint density at radius 2 is 1.76 bits per heavy atom. The Kier molecular flexibility index (Phi) is 3.66. The molecule has 1 N–H and O–H groups in total. The summed E-state index contributed by atoms with van der Waals surface area (Å²) in [6, 6.07) is 17.2. The highest BCUT2D eigenvalue weighted by molar-refractivity contribution is 5.36. The molecule has 5 heteroatoms. The van der Waals surface area contributed by atoms with Gasteiger partial charge in [-0.3, -0.25) is 0 Å². The van der Waals surface area contributed by atoms with Gasteiger partial charge in [-0.15, -0.1) is 5.10 Å². The fraction of sp³-hybridized carbons (Fsp3) is 0.125. The van der Waals surface area contributed by atoms with Crippen molar-refractivity contribution in [1.29, 1.82) is 0 Å². The first kappa shape index (κ1) is 13.3. The largest absolute Gasteiger partial charge is 0.423 e. The van der Waals surface area contributed by atoms with E-state index in [1.54, 1.807) is 24.0 Å². The molecule has 0 aliphatic rings. The zero-order valence-electron chi connectivity index (χ0n) is 11.5. The van der Waals surface area contributed by atoms with Gasteiger partial charge in [0.2, 0.25) is 0 Å².